The molecule has 0 aliphatic heterocycles. The molecule has 1 aromatic carbocycles. The fourth-order valence-corrected chi connectivity index (χ4v) is 4.89. The van der Waals surface area contributed by atoms with Gasteiger partial charge < -0.3 is 4.43 Å². The van der Waals surface area contributed by atoms with Gasteiger partial charge in [-0.25, -0.2) is 9.97 Å². The lowest BCUT2D eigenvalue weighted by Crippen LogP contribution is -2.31. The van der Waals surface area contributed by atoms with E-state index in [1.807, 2.05) is 30.3 Å². The second-order valence-corrected chi connectivity index (χ2v) is 12.5. The number of nitrogens with zero attached hydrogens (tertiary/aromatic N) is 3. The molecule has 30 heavy (non-hydrogen) atoms. The molecule has 4 nitrogen and oxygen atoms in total. The maximum atomic E-state index is 6.32. The van der Waals surface area contributed by atoms with Crippen molar-refractivity contribution in [3.8, 4) is 28.4 Å². The van der Waals surface area contributed by atoms with Crippen molar-refractivity contribution in [2.75, 3.05) is 0 Å². The highest BCUT2D eigenvalue weighted by molar-refractivity contribution is 7.17. The Hall–Kier alpha value is -2.57. The zero-order valence-electron chi connectivity index (χ0n) is 18.1. The summed E-state index contributed by atoms with van der Waals surface area (Å²) in [5.41, 5.74) is 4.14. The monoisotopic (exact) mass is 433 g/mol. The summed E-state index contributed by atoms with van der Waals surface area (Å²) in [5, 5.41) is 2.25. The van der Waals surface area contributed by atoms with E-state index in [-0.39, 0.29) is 10.5 Å². The van der Waals surface area contributed by atoms with Crippen molar-refractivity contribution >= 4 is 31.3 Å². The van der Waals surface area contributed by atoms with Gasteiger partial charge in [0.2, 0.25) is 9.76 Å². The van der Waals surface area contributed by atoms with Gasteiger partial charge in [-0.05, 0) is 46.2 Å². The van der Waals surface area contributed by atoms with Crippen molar-refractivity contribution in [2.45, 2.75) is 39.7 Å². The summed E-state index contributed by atoms with van der Waals surface area (Å²) in [6.07, 6.45) is 3.60. The van der Waals surface area contributed by atoms with Crippen LogP contribution in [-0.2, 0) is 0 Å². The van der Waals surface area contributed by atoms with Crippen LogP contribution in [0.5, 0.6) is 5.75 Å². The third-order valence-corrected chi connectivity index (χ3v) is 9.15. The van der Waals surface area contributed by atoms with Gasteiger partial charge in [0.1, 0.15) is 5.75 Å². The van der Waals surface area contributed by atoms with Gasteiger partial charge in [-0.15, -0.1) is 11.3 Å². The molecule has 0 aliphatic carbocycles. The van der Waals surface area contributed by atoms with Crippen LogP contribution in [0.25, 0.3) is 32.9 Å². The van der Waals surface area contributed by atoms with E-state index in [1.165, 1.54) is 0 Å². The van der Waals surface area contributed by atoms with Gasteiger partial charge in [-0.3, -0.25) is 4.98 Å². The van der Waals surface area contributed by atoms with Crippen molar-refractivity contribution < 1.29 is 4.43 Å². The summed E-state index contributed by atoms with van der Waals surface area (Å²) < 4.78 is 7.42. The first-order chi connectivity index (χ1) is 14.2. The molecule has 154 valence electrons. The predicted molar refractivity (Wildman–Crippen MR) is 129 cm³/mol. The summed E-state index contributed by atoms with van der Waals surface area (Å²) in [7, 11) is -0.780. The average molecular weight is 434 g/mol. The number of benzene rings is 1. The van der Waals surface area contributed by atoms with Gasteiger partial charge in [0.25, 0.3) is 0 Å². The summed E-state index contributed by atoms with van der Waals surface area (Å²) in [5.74, 6) is 1.62. The number of hydrogen-bond acceptors (Lipinski definition) is 5. The van der Waals surface area contributed by atoms with Gasteiger partial charge in [-0.1, -0.05) is 46.8 Å². The maximum Gasteiger partial charge on any atom is 0.225 e. The summed E-state index contributed by atoms with van der Waals surface area (Å²) >= 11 is 1.66. The van der Waals surface area contributed by atoms with Crippen LogP contribution < -0.4 is 4.43 Å². The third kappa shape index (κ3) is 4.15. The molecule has 0 atom stereocenters. The van der Waals surface area contributed by atoms with Crippen LogP contribution in [-0.4, -0.2) is 24.7 Å². The summed E-state index contributed by atoms with van der Waals surface area (Å²) in [6.45, 7) is 11.5. The van der Waals surface area contributed by atoms with E-state index in [0.717, 1.165) is 38.6 Å². The van der Waals surface area contributed by atoms with Gasteiger partial charge in [0, 0.05) is 23.5 Å². The quantitative estimate of drug-likeness (QED) is 0.355. The molecule has 0 radical (unpaired) electrons. The Morgan fingerprint density at radius 3 is 2.40 bits per heavy atom. The van der Waals surface area contributed by atoms with Crippen LogP contribution in [0.3, 0.4) is 0 Å². The predicted octanol–water partition coefficient (Wildman–Crippen LogP) is 6.13. The Balaban J connectivity index is 1.69. The van der Waals surface area contributed by atoms with Crippen molar-refractivity contribution in [2.24, 2.45) is 5.41 Å². The van der Waals surface area contributed by atoms with Crippen LogP contribution in [0.4, 0.5) is 0 Å². The van der Waals surface area contributed by atoms with Gasteiger partial charge >= 0.3 is 0 Å². The number of fused-ring (bicyclic) bond motifs is 1. The molecule has 3 aromatic heterocycles. The van der Waals surface area contributed by atoms with Gasteiger partial charge in [-0.2, -0.15) is 0 Å². The van der Waals surface area contributed by atoms with E-state index in [1.54, 1.807) is 23.7 Å². The Morgan fingerprint density at radius 1 is 0.900 bits per heavy atom. The molecule has 0 amide bonds. The van der Waals surface area contributed by atoms with Crippen LogP contribution in [0.1, 0.15) is 34.6 Å². The molecule has 6 heteroatoms. The first-order valence-electron chi connectivity index (χ1n) is 10.1. The van der Waals surface area contributed by atoms with Gasteiger partial charge in [0.15, 0.2) is 5.82 Å². The van der Waals surface area contributed by atoms with Crippen molar-refractivity contribution in [3.05, 3.63) is 60.2 Å². The lowest BCUT2D eigenvalue weighted by atomic mass is 9.82. The standard InChI is InChI=1S/C24H27N3OSSi/c1-23(2,3)24(4,5)30-28-18-8-6-7-17(15-18)22-26-19-11-14-29-21(19)20(27-22)16-9-12-25-13-10-16/h6-15H,30H2,1-5H3. The lowest BCUT2D eigenvalue weighted by Gasteiger charge is -2.37. The lowest BCUT2D eigenvalue weighted by molar-refractivity contribution is 0.282. The molecule has 3 heterocycles. The zero-order chi connectivity index (χ0) is 21.4. The molecule has 0 unspecified atom stereocenters. The SMILES string of the molecule is CC(C)(C)C(C)(C)[SiH2]Oc1cccc(-c2nc(-c3ccncc3)c3sccc3n2)c1. The van der Waals surface area contributed by atoms with Crippen molar-refractivity contribution in [1.29, 1.82) is 0 Å². The first-order valence-corrected chi connectivity index (χ1v) is 12.3. The molecule has 4 aromatic rings. The first kappa shape index (κ1) is 20.7. The van der Waals surface area contributed by atoms with E-state index in [4.69, 9.17) is 14.4 Å². The largest absolute Gasteiger partial charge is 0.549 e. The van der Waals surface area contributed by atoms with Crippen LogP contribution in [0, 0.1) is 5.41 Å². The molecule has 0 aliphatic rings. The second kappa shape index (κ2) is 7.93. The highest BCUT2D eigenvalue weighted by atomic mass is 32.1. The maximum absolute atomic E-state index is 6.32. The molecule has 0 spiro atoms. The normalized spacial score (nSPS) is 12.7. The van der Waals surface area contributed by atoms with E-state index in [2.05, 4.69) is 57.1 Å². The van der Waals surface area contributed by atoms with E-state index >= 15 is 0 Å². The minimum atomic E-state index is -0.780. The molecule has 0 N–H and O–H groups in total. The van der Waals surface area contributed by atoms with Crippen molar-refractivity contribution in [1.82, 2.24) is 15.0 Å². The van der Waals surface area contributed by atoms with E-state index in [9.17, 15) is 0 Å². The molecular formula is C24H27N3OSSi. The topological polar surface area (TPSA) is 47.9 Å². The van der Waals surface area contributed by atoms with E-state index < -0.39 is 9.76 Å². The number of pyridine rings is 1. The number of rotatable bonds is 5. The van der Waals surface area contributed by atoms with Gasteiger partial charge in [0.05, 0.1) is 15.9 Å². The molecule has 4 rings (SSSR count). The minimum Gasteiger partial charge on any atom is -0.549 e. The number of hydrogen-bond donors (Lipinski definition) is 0. The Morgan fingerprint density at radius 2 is 1.67 bits per heavy atom. The fourth-order valence-electron chi connectivity index (χ4n) is 2.90. The Labute approximate surface area is 184 Å². The molecular weight excluding hydrogens is 406 g/mol. The summed E-state index contributed by atoms with van der Waals surface area (Å²) in [6, 6.07) is 14.2. The number of aromatic nitrogens is 3. The summed E-state index contributed by atoms with van der Waals surface area (Å²) in [4.78, 5) is 13.9. The highest BCUT2D eigenvalue weighted by Crippen LogP contribution is 2.43. The van der Waals surface area contributed by atoms with Crippen LogP contribution in [0.15, 0.2) is 60.2 Å². The zero-order valence-corrected chi connectivity index (χ0v) is 20.4. The van der Waals surface area contributed by atoms with Crippen LogP contribution >= 0.6 is 11.3 Å². The highest BCUT2D eigenvalue weighted by Gasteiger charge is 2.34. The number of thiophene rings is 1. The van der Waals surface area contributed by atoms with Crippen molar-refractivity contribution in [3.63, 3.8) is 0 Å². The Bertz CT molecular complexity index is 1170. The van der Waals surface area contributed by atoms with E-state index in [0.29, 0.717) is 0 Å². The second-order valence-electron chi connectivity index (χ2n) is 9.22. The van der Waals surface area contributed by atoms with Crippen LogP contribution in [0.2, 0.25) is 5.04 Å². The molecule has 0 bridgehead atoms. The Kier molecular flexibility index (Phi) is 5.47. The molecule has 0 saturated heterocycles. The minimum absolute atomic E-state index is 0.184. The third-order valence-electron chi connectivity index (χ3n) is 5.98. The molecule has 0 saturated carbocycles. The average Bonchev–Trinajstić information content (AvgIpc) is 3.20. The fraction of sp³-hybridized carbons (Fsp3) is 0.292. The molecule has 0 fully saturated rings. The smallest absolute Gasteiger partial charge is 0.225 e.